The molecule has 4 aliphatic carbocycles. The molecule has 3 aliphatic heterocycles. The number of fused-ring (bicyclic) bond motifs is 11. The number of aliphatic hydroxyl groups excluding tert-OH is 2. The Morgan fingerprint density at radius 2 is 1.77 bits per heavy atom. The summed E-state index contributed by atoms with van der Waals surface area (Å²) in [5.74, 6) is 0.0809. The van der Waals surface area contributed by atoms with E-state index in [2.05, 4.69) is 77.8 Å². The van der Waals surface area contributed by atoms with Crippen LogP contribution in [0.1, 0.15) is 139 Å². The molecule has 4 heterocycles. The van der Waals surface area contributed by atoms with Crippen molar-refractivity contribution in [2.45, 2.75) is 142 Å². The van der Waals surface area contributed by atoms with Crippen LogP contribution in [-0.2, 0) is 26.1 Å². The van der Waals surface area contributed by atoms with E-state index >= 15 is 0 Å². The average molecular weight is 706 g/mol. The van der Waals surface area contributed by atoms with Crippen LogP contribution in [0.25, 0.3) is 16.5 Å². The monoisotopic (exact) mass is 705 g/mol. The van der Waals surface area contributed by atoms with Crippen LogP contribution in [-0.4, -0.2) is 49.9 Å². The highest BCUT2D eigenvalue weighted by molar-refractivity contribution is 6.18. The number of ether oxygens (including phenoxy) is 2. The van der Waals surface area contributed by atoms with Gasteiger partial charge < -0.3 is 24.3 Å². The quantitative estimate of drug-likeness (QED) is 0.189. The van der Waals surface area contributed by atoms with Gasteiger partial charge in [-0.05, 0) is 120 Å². The first kappa shape index (κ1) is 34.5. The van der Waals surface area contributed by atoms with Crippen LogP contribution in [0.5, 0.6) is 0 Å². The topological polar surface area (TPSA) is 98.0 Å². The van der Waals surface area contributed by atoms with Gasteiger partial charge in [-0.2, -0.15) is 0 Å². The Balaban J connectivity index is 1.23. The highest BCUT2D eigenvalue weighted by Crippen LogP contribution is 2.71. The lowest BCUT2D eigenvalue weighted by Crippen LogP contribution is -2.62. The zero-order valence-electron chi connectivity index (χ0n) is 32.4. The number of esters is 1. The number of benzene rings is 1. The van der Waals surface area contributed by atoms with Crippen molar-refractivity contribution in [3.8, 4) is 0 Å². The van der Waals surface area contributed by atoms with Crippen LogP contribution in [0.4, 0.5) is 0 Å². The summed E-state index contributed by atoms with van der Waals surface area (Å²) in [6.45, 7) is 23.7. The van der Waals surface area contributed by atoms with E-state index in [1.165, 1.54) is 11.3 Å². The smallest absolute Gasteiger partial charge is 0.334 e. The summed E-state index contributed by atoms with van der Waals surface area (Å²) < 4.78 is 14.3. The Bertz CT molecular complexity index is 2110. The lowest BCUT2D eigenvalue weighted by molar-refractivity contribution is -0.144. The number of aromatic nitrogens is 1. The van der Waals surface area contributed by atoms with Gasteiger partial charge in [0, 0.05) is 45.4 Å². The minimum Gasteiger partial charge on any atom is -0.459 e. The van der Waals surface area contributed by atoms with Crippen LogP contribution in [0, 0.1) is 28.6 Å². The molecule has 1 saturated heterocycles. The fourth-order valence-electron chi connectivity index (χ4n) is 13.3. The van der Waals surface area contributed by atoms with Crippen molar-refractivity contribution in [1.29, 1.82) is 0 Å². The Kier molecular flexibility index (Phi) is 6.96. The summed E-state index contributed by atoms with van der Waals surface area (Å²) in [6, 6.07) is 1.78. The zero-order valence-corrected chi connectivity index (χ0v) is 32.4. The number of aliphatic hydroxyl groups is 2. The average Bonchev–Trinajstić information content (AvgIpc) is 3.78. The highest BCUT2D eigenvalue weighted by atomic mass is 16.5. The van der Waals surface area contributed by atoms with Crippen LogP contribution in [0.3, 0.4) is 0 Å². The van der Waals surface area contributed by atoms with Gasteiger partial charge in [0.1, 0.15) is 12.1 Å². The van der Waals surface area contributed by atoms with Crippen molar-refractivity contribution in [3.63, 3.8) is 0 Å². The first-order chi connectivity index (χ1) is 24.3. The van der Waals surface area contributed by atoms with E-state index < -0.39 is 34.9 Å². The SMILES string of the molecule is C=C(C)[C@H]1C(=O)c2c3c(cc4c5c(n1c24)[C@@]1(C)C(CC[C@H]2[C@](C)(/C=C/C=C4\CC(C)OC4=O)[C@@H](O)CC[C@@]21C)C5)C1=CC(C)(C)OC(C)(C)C1[C@@H]3O. The summed E-state index contributed by atoms with van der Waals surface area (Å²) >= 11 is 0. The van der Waals surface area contributed by atoms with Gasteiger partial charge in [0.15, 0.2) is 5.78 Å². The van der Waals surface area contributed by atoms with Crippen molar-refractivity contribution in [1.82, 2.24) is 4.57 Å². The number of cyclic esters (lactones) is 1. The number of rotatable bonds is 3. The van der Waals surface area contributed by atoms with Crippen molar-refractivity contribution >= 4 is 28.2 Å². The lowest BCUT2D eigenvalue weighted by Gasteiger charge is -2.64. The predicted molar refractivity (Wildman–Crippen MR) is 202 cm³/mol. The Morgan fingerprint density at radius 1 is 1.04 bits per heavy atom. The fourth-order valence-corrected chi connectivity index (χ4v) is 13.3. The van der Waals surface area contributed by atoms with Gasteiger partial charge >= 0.3 is 5.97 Å². The summed E-state index contributed by atoms with van der Waals surface area (Å²) in [5.41, 5.74) is 6.48. The summed E-state index contributed by atoms with van der Waals surface area (Å²) in [5, 5.41) is 25.1. The summed E-state index contributed by atoms with van der Waals surface area (Å²) in [4.78, 5) is 27.3. The normalized spacial score (nSPS) is 41.6. The van der Waals surface area contributed by atoms with E-state index in [9.17, 15) is 19.8 Å². The Labute approximate surface area is 307 Å². The van der Waals surface area contributed by atoms with E-state index in [-0.39, 0.29) is 40.5 Å². The maximum Gasteiger partial charge on any atom is 0.334 e. The molecule has 9 rings (SSSR count). The van der Waals surface area contributed by atoms with Crippen molar-refractivity contribution in [2.24, 2.45) is 28.6 Å². The molecule has 0 spiro atoms. The van der Waals surface area contributed by atoms with Crippen molar-refractivity contribution in [3.05, 3.63) is 76.0 Å². The van der Waals surface area contributed by atoms with E-state index in [0.29, 0.717) is 29.9 Å². The number of hydrogen-bond acceptors (Lipinski definition) is 6. The van der Waals surface area contributed by atoms with Gasteiger partial charge in [0.05, 0.1) is 34.5 Å². The molecule has 0 radical (unpaired) electrons. The molecule has 1 aromatic heterocycles. The fraction of sp³-hybridized carbons (Fsp3) is 0.600. The van der Waals surface area contributed by atoms with E-state index in [4.69, 9.17) is 9.47 Å². The third-order valence-corrected chi connectivity index (χ3v) is 15.4. The highest BCUT2D eigenvalue weighted by Gasteiger charge is 2.67. The van der Waals surface area contributed by atoms with Gasteiger partial charge in [-0.25, -0.2) is 4.79 Å². The third kappa shape index (κ3) is 4.08. The zero-order chi connectivity index (χ0) is 37.2. The molecule has 7 heteroatoms. The molecule has 7 nitrogen and oxygen atoms in total. The molecule has 2 aromatic rings. The number of carbonyl (C=O) groups is 2. The number of Topliss-reactive ketones (excluding diaryl/α,β-unsaturated/α-hetero) is 1. The molecular formula is C45H55NO6. The number of nitrogens with zero attached hydrogens (tertiary/aromatic N) is 1. The minimum atomic E-state index is -0.853. The van der Waals surface area contributed by atoms with Crippen LogP contribution in [0.2, 0.25) is 0 Å². The number of carbonyl (C=O) groups excluding carboxylic acids is 2. The lowest BCUT2D eigenvalue weighted by atomic mass is 9.40. The minimum absolute atomic E-state index is 0.0348. The summed E-state index contributed by atoms with van der Waals surface area (Å²) in [6.07, 6.45) is 11.9. The van der Waals surface area contributed by atoms with Gasteiger partial charge in [-0.15, -0.1) is 0 Å². The second-order valence-corrected chi connectivity index (χ2v) is 19.3. The molecule has 3 unspecified atom stereocenters. The van der Waals surface area contributed by atoms with Gasteiger partial charge in [-0.3, -0.25) is 4.79 Å². The molecule has 52 heavy (non-hydrogen) atoms. The molecule has 2 N–H and O–H groups in total. The maximum absolute atomic E-state index is 14.9. The molecular weight excluding hydrogens is 650 g/mol. The molecule has 0 amide bonds. The Morgan fingerprint density at radius 3 is 2.44 bits per heavy atom. The van der Waals surface area contributed by atoms with E-state index in [1.807, 2.05) is 26.0 Å². The second kappa shape index (κ2) is 10.5. The van der Waals surface area contributed by atoms with Crippen LogP contribution in [0.15, 0.2) is 48.1 Å². The van der Waals surface area contributed by atoms with Crippen LogP contribution < -0.4 is 0 Å². The molecule has 2 saturated carbocycles. The number of ketones is 1. The predicted octanol–water partition coefficient (Wildman–Crippen LogP) is 8.41. The standard InChI is InChI=1S/C45H55NO6/c1-22(2)35-38(49)33-32-26(29-21-41(4,5)52-42(6,7)34(29)37(32)48)20-27-28-19-25-13-14-30-43(8,16-11-12-24-18-23(3)51-40(24)50)31(47)15-17-44(30,9)45(25,10)39(28)46(35)36(27)33/h11-12,16,20-21,23,25,30-31,34-35,37,47-48H,1,13-15,17-19H2,2-10H3/b16-11+,24-12+/t23?,25?,30-,31-,34?,35-,37+,43-,44-,45+/m0/s1. The van der Waals surface area contributed by atoms with Crippen molar-refractivity contribution in [2.75, 3.05) is 0 Å². The van der Waals surface area contributed by atoms with E-state index in [1.54, 1.807) is 0 Å². The molecule has 0 bridgehead atoms. The van der Waals surface area contributed by atoms with Crippen molar-refractivity contribution < 1.29 is 29.3 Å². The van der Waals surface area contributed by atoms with Gasteiger partial charge in [0.2, 0.25) is 0 Å². The van der Waals surface area contributed by atoms with Gasteiger partial charge in [-0.1, -0.05) is 51.2 Å². The maximum atomic E-state index is 14.9. The second-order valence-electron chi connectivity index (χ2n) is 19.3. The van der Waals surface area contributed by atoms with Crippen LogP contribution >= 0.6 is 0 Å². The first-order valence-electron chi connectivity index (χ1n) is 19.6. The largest absolute Gasteiger partial charge is 0.459 e. The molecule has 10 atom stereocenters. The number of allylic oxidation sites excluding steroid dienone is 3. The molecule has 3 fully saturated rings. The molecule has 276 valence electrons. The first-order valence-corrected chi connectivity index (χ1v) is 19.6. The molecule has 1 aromatic carbocycles. The van der Waals surface area contributed by atoms with E-state index in [0.717, 1.165) is 58.9 Å². The third-order valence-electron chi connectivity index (χ3n) is 15.4. The molecule has 7 aliphatic rings. The Hall–Kier alpha value is -3.26. The van der Waals surface area contributed by atoms with Gasteiger partial charge in [0.25, 0.3) is 0 Å². The number of hydrogen-bond donors (Lipinski definition) is 2. The summed E-state index contributed by atoms with van der Waals surface area (Å²) in [7, 11) is 0.